The number of hydrogen-bond donors (Lipinski definition) is 1. The van der Waals surface area contributed by atoms with Gasteiger partial charge in [-0.15, -0.1) is 0 Å². The van der Waals surface area contributed by atoms with Crippen molar-refractivity contribution in [3.63, 3.8) is 0 Å². The molecule has 0 heterocycles. The van der Waals surface area contributed by atoms with Gasteiger partial charge in [0.15, 0.2) is 0 Å². The Morgan fingerprint density at radius 2 is 1.67 bits per heavy atom. The van der Waals surface area contributed by atoms with Crippen LogP contribution in [0.25, 0.3) is 21.9 Å². The predicted molar refractivity (Wildman–Crippen MR) is 85.7 cm³/mol. The summed E-state index contributed by atoms with van der Waals surface area (Å²) in [6.07, 6.45) is 0.701. The van der Waals surface area contributed by atoms with Gasteiger partial charge < -0.3 is 5.11 Å². The topological polar surface area (TPSA) is 37.3 Å². The van der Waals surface area contributed by atoms with Crippen molar-refractivity contribution >= 4 is 16.7 Å². The number of benzene rings is 3. The maximum Gasteiger partial charge on any atom is 0.336 e. The zero-order valence-electron chi connectivity index (χ0n) is 11.8. The normalized spacial score (nSPS) is 10.7. The second-order valence-electron chi connectivity index (χ2n) is 5.03. The van der Waals surface area contributed by atoms with Crippen LogP contribution in [0.4, 0.5) is 0 Å². The number of hydrogen-bond acceptors (Lipinski definition) is 1. The van der Waals surface area contributed by atoms with Crippen LogP contribution >= 0.6 is 0 Å². The average molecular weight is 276 g/mol. The zero-order valence-corrected chi connectivity index (χ0v) is 11.8. The summed E-state index contributed by atoms with van der Waals surface area (Å²) in [7, 11) is 0. The third-order valence-electron chi connectivity index (χ3n) is 3.79. The van der Waals surface area contributed by atoms with Gasteiger partial charge in [-0.3, -0.25) is 0 Å². The first-order valence-corrected chi connectivity index (χ1v) is 7.05. The van der Waals surface area contributed by atoms with E-state index in [9.17, 15) is 9.90 Å². The van der Waals surface area contributed by atoms with Crippen LogP contribution in [-0.2, 0) is 6.42 Å². The maximum atomic E-state index is 11.8. The van der Waals surface area contributed by atoms with E-state index < -0.39 is 5.97 Å². The SMILES string of the molecule is CCc1cc2ccccc2c(-c2ccccc2)c1C(=O)O. The molecule has 0 aliphatic rings. The molecule has 0 aromatic heterocycles. The van der Waals surface area contributed by atoms with Gasteiger partial charge in [-0.05, 0) is 28.3 Å². The minimum absolute atomic E-state index is 0.419. The largest absolute Gasteiger partial charge is 0.478 e. The molecule has 0 spiro atoms. The second-order valence-corrected chi connectivity index (χ2v) is 5.03. The molecule has 3 aromatic carbocycles. The van der Waals surface area contributed by atoms with Gasteiger partial charge in [-0.2, -0.15) is 0 Å². The van der Waals surface area contributed by atoms with Crippen LogP contribution in [0.15, 0.2) is 60.7 Å². The molecule has 0 unspecified atom stereocenters. The Kier molecular flexibility index (Phi) is 3.44. The number of rotatable bonds is 3. The quantitative estimate of drug-likeness (QED) is 0.748. The van der Waals surface area contributed by atoms with E-state index in [2.05, 4.69) is 0 Å². The summed E-state index contributed by atoms with van der Waals surface area (Å²) in [5, 5.41) is 11.8. The van der Waals surface area contributed by atoms with Gasteiger partial charge in [0.2, 0.25) is 0 Å². The van der Waals surface area contributed by atoms with Crippen molar-refractivity contribution in [3.05, 3.63) is 71.8 Å². The van der Waals surface area contributed by atoms with Crippen LogP contribution in [0.2, 0.25) is 0 Å². The lowest BCUT2D eigenvalue weighted by Crippen LogP contribution is -2.05. The third-order valence-corrected chi connectivity index (χ3v) is 3.79. The second kappa shape index (κ2) is 5.41. The Bertz CT molecular complexity index is 804. The fraction of sp³-hybridized carbons (Fsp3) is 0.105. The van der Waals surface area contributed by atoms with Crippen molar-refractivity contribution < 1.29 is 9.90 Å². The molecule has 104 valence electrons. The molecule has 0 amide bonds. The summed E-state index contributed by atoms with van der Waals surface area (Å²) in [6.45, 7) is 1.99. The molecule has 0 saturated heterocycles. The fourth-order valence-corrected chi connectivity index (χ4v) is 2.83. The minimum atomic E-state index is -0.864. The van der Waals surface area contributed by atoms with Crippen LogP contribution in [0.3, 0.4) is 0 Å². The highest BCUT2D eigenvalue weighted by Gasteiger charge is 2.19. The first-order chi connectivity index (χ1) is 10.2. The summed E-state index contributed by atoms with van der Waals surface area (Å²) < 4.78 is 0. The maximum absolute atomic E-state index is 11.8. The Hall–Kier alpha value is -2.61. The molecule has 0 fully saturated rings. The van der Waals surface area contributed by atoms with Gasteiger partial charge in [0.25, 0.3) is 0 Å². The van der Waals surface area contributed by atoms with Crippen LogP contribution < -0.4 is 0 Å². The van der Waals surface area contributed by atoms with E-state index >= 15 is 0 Å². The van der Waals surface area contributed by atoms with Crippen LogP contribution in [0.1, 0.15) is 22.8 Å². The molecule has 0 saturated carbocycles. The van der Waals surface area contributed by atoms with E-state index in [1.54, 1.807) is 0 Å². The number of aryl methyl sites for hydroxylation is 1. The molecular weight excluding hydrogens is 260 g/mol. The molecule has 1 N–H and O–H groups in total. The molecular formula is C19H16O2. The Labute approximate surface area is 123 Å². The lowest BCUT2D eigenvalue weighted by molar-refractivity contribution is 0.0697. The first kappa shape index (κ1) is 13.4. The molecule has 2 nitrogen and oxygen atoms in total. The lowest BCUT2D eigenvalue weighted by Gasteiger charge is -2.15. The fourth-order valence-electron chi connectivity index (χ4n) is 2.83. The van der Waals surface area contributed by atoms with Crippen molar-refractivity contribution in [2.45, 2.75) is 13.3 Å². The molecule has 3 rings (SSSR count). The molecule has 2 heteroatoms. The van der Waals surface area contributed by atoms with Gasteiger partial charge in [-0.25, -0.2) is 4.79 Å². The van der Waals surface area contributed by atoms with Gasteiger partial charge in [0.1, 0.15) is 0 Å². The van der Waals surface area contributed by atoms with Crippen LogP contribution in [0.5, 0.6) is 0 Å². The Morgan fingerprint density at radius 1 is 1.00 bits per heavy atom. The standard InChI is InChI=1S/C19H16O2/c1-2-13-12-15-10-6-7-11-16(15)17(18(13)19(20)21)14-8-4-3-5-9-14/h3-12H,2H2,1H3,(H,20,21). The van der Waals surface area contributed by atoms with Gasteiger partial charge >= 0.3 is 5.97 Å². The van der Waals surface area contributed by atoms with E-state index in [0.717, 1.165) is 27.5 Å². The van der Waals surface area contributed by atoms with Gasteiger partial charge in [0.05, 0.1) is 5.56 Å². The first-order valence-electron chi connectivity index (χ1n) is 7.05. The van der Waals surface area contributed by atoms with Crippen LogP contribution in [0, 0.1) is 0 Å². The van der Waals surface area contributed by atoms with Gasteiger partial charge in [-0.1, -0.05) is 67.6 Å². The highest BCUT2D eigenvalue weighted by molar-refractivity contribution is 6.09. The molecule has 3 aromatic rings. The molecule has 0 radical (unpaired) electrons. The summed E-state index contributed by atoms with van der Waals surface area (Å²) in [6, 6.07) is 19.7. The minimum Gasteiger partial charge on any atom is -0.478 e. The van der Waals surface area contributed by atoms with Gasteiger partial charge in [0, 0.05) is 5.56 Å². The Balaban J connectivity index is 2.48. The Morgan fingerprint density at radius 3 is 2.33 bits per heavy atom. The molecule has 0 bridgehead atoms. The van der Waals surface area contributed by atoms with E-state index in [-0.39, 0.29) is 0 Å². The van der Waals surface area contributed by atoms with Crippen molar-refractivity contribution in [3.8, 4) is 11.1 Å². The molecule has 21 heavy (non-hydrogen) atoms. The van der Waals surface area contributed by atoms with Crippen molar-refractivity contribution in [1.29, 1.82) is 0 Å². The summed E-state index contributed by atoms with van der Waals surface area (Å²) in [4.78, 5) is 11.8. The summed E-state index contributed by atoms with van der Waals surface area (Å²) >= 11 is 0. The van der Waals surface area contributed by atoms with E-state index in [1.807, 2.05) is 67.6 Å². The molecule has 0 aliphatic carbocycles. The predicted octanol–water partition coefficient (Wildman–Crippen LogP) is 4.77. The number of carbonyl (C=O) groups is 1. The average Bonchev–Trinajstić information content (AvgIpc) is 2.53. The number of carboxylic acid groups (broad SMARTS) is 1. The van der Waals surface area contributed by atoms with E-state index in [4.69, 9.17) is 0 Å². The monoisotopic (exact) mass is 276 g/mol. The van der Waals surface area contributed by atoms with Crippen molar-refractivity contribution in [2.24, 2.45) is 0 Å². The van der Waals surface area contributed by atoms with E-state index in [1.165, 1.54) is 0 Å². The molecule has 0 atom stereocenters. The zero-order chi connectivity index (χ0) is 14.8. The third kappa shape index (κ3) is 2.29. The van der Waals surface area contributed by atoms with Crippen molar-refractivity contribution in [2.75, 3.05) is 0 Å². The highest BCUT2D eigenvalue weighted by atomic mass is 16.4. The van der Waals surface area contributed by atoms with E-state index in [0.29, 0.717) is 12.0 Å². The summed E-state index contributed by atoms with van der Waals surface area (Å²) in [5.41, 5.74) is 3.06. The smallest absolute Gasteiger partial charge is 0.336 e. The summed E-state index contributed by atoms with van der Waals surface area (Å²) in [5.74, 6) is -0.864. The molecule has 0 aliphatic heterocycles. The van der Waals surface area contributed by atoms with Crippen molar-refractivity contribution in [1.82, 2.24) is 0 Å². The van der Waals surface area contributed by atoms with Crippen LogP contribution in [-0.4, -0.2) is 11.1 Å². The number of carboxylic acids is 1. The lowest BCUT2D eigenvalue weighted by atomic mass is 9.89. The number of aromatic carboxylic acids is 1. The number of fused-ring (bicyclic) bond motifs is 1. The highest BCUT2D eigenvalue weighted by Crippen LogP contribution is 2.34.